The number of carbonyl (C=O) groups is 3. The van der Waals surface area contributed by atoms with E-state index in [-0.39, 0.29) is 11.8 Å². The first-order valence-corrected chi connectivity index (χ1v) is 8.08. The Morgan fingerprint density at radius 1 is 0.833 bits per heavy atom. The van der Waals surface area contributed by atoms with Crippen LogP contribution in [0.5, 0.6) is 0 Å². The monoisotopic (exact) mass is 317 g/mol. The summed E-state index contributed by atoms with van der Waals surface area (Å²) in [6.45, 7) is 2.02. The number of nitrogens with one attached hydrogen (secondary N) is 1. The normalized spacial score (nSPS) is 35.0. The summed E-state index contributed by atoms with van der Waals surface area (Å²) >= 11 is 0. The molecular formula is C20H15NO3. The van der Waals surface area contributed by atoms with Gasteiger partial charge in [0, 0.05) is 5.41 Å². The maximum Gasteiger partial charge on any atom is 0.232 e. The van der Waals surface area contributed by atoms with Crippen LogP contribution in [0, 0.1) is 11.8 Å². The van der Waals surface area contributed by atoms with E-state index in [0.717, 1.165) is 28.5 Å². The summed E-state index contributed by atoms with van der Waals surface area (Å²) in [5.41, 5.74) is 1.95. The molecule has 1 aliphatic heterocycles. The molecule has 0 radical (unpaired) electrons. The SMILES string of the molecule is CC12c3ccccc3C(C=O)(c3ccccc31)[C@H]1C(=O)NC(=O)[C@H]12. The predicted octanol–water partition coefficient (Wildman–Crippen LogP) is 1.69. The van der Waals surface area contributed by atoms with E-state index >= 15 is 0 Å². The largest absolute Gasteiger partial charge is 0.302 e. The molecule has 4 heteroatoms. The highest BCUT2D eigenvalue weighted by Crippen LogP contribution is 2.64. The zero-order valence-electron chi connectivity index (χ0n) is 13.1. The van der Waals surface area contributed by atoms with Crippen molar-refractivity contribution in [2.24, 2.45) is 11.8 Å². The first-order valence-electron chi connectivity index (χ1n) is 8.08. The van der Waals surface area contributed by atoms with E-state index in [1.54, 1.807) is 0 Å². The van der Waals surface area contributed by atoms with Crippen molar-refractivity contribution in [2.75, 3.05) is 0 Å². The number of amides is 2. The minimum atomic E-state index is -1.09. The molecule has 1 heterocycles. The molecule has 24 heavy (non-hydrogen) atoms. The Labute approximate surface area is 138 Å². The molecule has 1 N–H and O–H groups in total. The van der Waals surface area contributed by atoms with Gasteiger partial charge in [0.2, 0.25) is 11.8 Å². The van der Waals surface area contributed by atoms with E-state index in [0.29, 0.717) is 0 Å². The quantitative estimate of drug-likeness (QED) is 0.643. The number of rotatable bonds is 1. The number of hydrogen-bond donors (Lipinski definition) is 1. The van der Waals surface area contributed by atoms with Crippen LogP contribution in [0.1, 0.15) is 29.2 Å². The molecule has 3 aliphatic carbocycles. The summed E-state index contributed by atoms with van der Waals surface area (Å²) in [6, 6.07) is 15.4. The third-order valence-electron chi connectivity index (χ3n) is 6.31. The van der Waals surface area contributed by atoms with Gasteiger partial charge in [0.05, 0.1) is 17.3 Å². The second-order valence-electron chi connectivity index (χ2n) is 7.09. The highest BCUT2D eigenvalue weighted by molar-refractivity contribution is 6.11. The zero-order valence-corrected chi connectivity index (χ0v) is 13.1. The highest BCUT2D eigenvalue weighted by Gasteiger charge is 2.70. The minimum absolute atomic E-state index is 0.275. The van der Waals surface area contributed by atoms with Gasteiger partial charge in [-0.15, -0.1) is 0 Å². The second-order valence-corrected chi connectivity index (χ2v) is 7.09. The third-order valence-corrected chi connectivity index (χ3v) is 6.31. The van der Waals surface area contributed by atoms with Crippen molar-refractivity contribution in [2.45, 2.75) is 17.8 Å². The lowest BCUT2D eigenvalue weighted by Crippen LogP contribution is -2.61. The van der Waals surface area contributed by atoms with Crippen LogP contribution >= 0.6 is 0 Å². The van der Waals surface area contributed by atoms with E-state index in [9.17, 15) is 14.4 Å². The molecule has 1 saturated heterocycles. The van der Waals surface area contributed by atoms with Gasteiger partial charge in [0.25, 0.3) is 0 Å². The van der Waals surface area contributed by atoms with Crippen LogP contribution in [-0.4, -0.2) is 18.1 Å². The van der Waals surface area contributed by atoms with Crippen molar-refractivity contribution >= 4 is 18.1 Å². The van der Waals surface area contributed by atoms with E-state index in [1.807, 2.05) is 55.5 Å². The molecule has 1 fully saturated rings. The van der Waals surface area contributed by atoms with Gasteiger partial charge in [-0.1, -0.05) is 55.5 Å². The Morgan fingerprint density at radius 2 is 1.29 bits per heavy atom. The van der Waals surface area contributed by atoms with Gasteiger partial charge >= 0.3 is 0 Å². The fourth-order valence-electron chi connectivity index (χ4n) is 5.40. The number of aldehydes is 1. The number of imide groups is 1. The lowest BCUT2D eigenvalue weighted by Gasteiger charge is -2.56. The molecule has 2 aromatic carbocycles. The van der Waals surface area contributed by atoms with Crippen molar-refractivity contribution in [1.82, 2.24) is 5.32 Å². The van der Waals surface area contributed by atoms with Crippen LogP contribution in [0.4, 0.5) is 0 Å². The van der Waals surface area contributed by atoms with E-state index in [1.165, 1.54) is 0 Å². The molecule has 0 saturated carbocycles. The van der Waals surface area contributed by atoms with Crippen molar-refractivity contribution in [3.63, 3.8) is 0 Å². The highest BCUT2D eigenvalue weighted by atomic mass is 16.2. The standard InChI is InChI=1S/C20H15NO3/c1-19-11-6-2-4-8-13(11)20(10-22,14-9-5-3-7-12(14)19)16-15(19)17(23)21-18(16)24/h2-10,15-16H,1H3,(H,21,23,24)/t15-,16+,19?,20?/m0/s1. The fraction of sp³-hybridized carbons (Fsp3) is 0.250. The summed E-state index contributed by atoms with van der Waals surface area (Å²) in [5.74, 6) is -1.85. The average molecular weight is 317 g/mol. The zero-order chi connectivity index (χ0) is 16.7. The molecule has 4 aliphatic rings. The molecule has 118 valence electrons. The van der Waals surface area contributed by atoms with Crippen LogP contribution in [0.25, 0.3) is 0 Å². The maximum atomic E-state index is 12.6. The van der Waals surface area contributed by atoms with E-state index in [4.69, 9.17) is 0 Å². The molecule has 2 aromatic rings. The van der Waals surface area contributed by atoms with E-state index in [2.05, 4.69) is 5.32 Å². The first kappa shape index (κ1) is 13.7. The van der Waals surface area contributed by atoms with Crippen LogP contribution < -0.4 is 5.32 Å². The van der Waals surface area contributed by atoms with Crippen LogP contribution in [-0.2, 0) is 25.2 Å². The smallest absolute Gasteiger partial charge is 0.232 e. The van der Waals surface area contributed by atoms with Gasteiger partial charge in [-0.05, 0) is 22.3 Å². The fourth-order valence-corrected chi connectivity index (χ4v) is 5.40. The molecule has 2 bridgehead atoms. The van der Waals surface area contributed by atoms with Crippen LogP contribution in [0.15, 0.2) is 48.5 Å². The summed E-state index contributed by atoms with van der Waals surface area (Å²) in [5, 5.41) is 2.48. The predicted molar refractivity (Wildman–Crippen MR) is 86.3 cm³/mol. The Kier molecular flexibility index (Phi) is 2.28. The number of hydrogen-bond acceptors (Lipinski definition) is 3. The topological polar surface area (TPSA) is 63.2 Å². The maximum absolute atomic E-state index is 12.6. The van der Waals surface area contributed by atoms with Crippen molar-refractivity contribution in [3.8, 4) is 0 Å². The summed E-state index contributed by atoms with van der Waals surface area (Å²) in [7, 11) is 0. The van der Waals surface area contributed by atoms with E-state index < -0.39 is 22.7 Å². The summed E-state index contributed by atoms with van der Waals surface area (Å²) in [6.07, 6.45) is 0.874. The molecule has 2 amide bonds. The Bertz CT molecular complexity index is 898. The van der Waals surface area contributed by atoms with Gasteiger partial charge in [-0.2, -0.15) is 0 Å². The van der Waals surface area contributed by atoms with Crippen molar-refractivity contribution in [3.05, 3.63) is 70.8 Å². The third kappa shape index (κ3) is 1.16. The Balaban J connectivity index is 2.02. The molecular weight excluding hydrogens is 302 g/mol. The lowest BCUT2D eigenvalue weighted by molar-refractivity contribution is -0.130. The van der Waals surface area contributed by atoms with Gasteiger partial charge in [-0.25, -0.2) is 0 Å². The molecule has 0 spiro atoms. The molecule has 0 unspecified atom stereocenters. The molecule has 4 nitrogen and oxygen atoms in total. The van der Waals surface area contributed by atoms with Gasteiger partial charge in [-0.3, -0.25) is 14.9 Å². The van der Waals surface area contributed by atoms with Gasteiger partial charge in [0.15, 0.2) is 0 Å². The second kappa shape index (κ2) is 4.01. The minimum Gasteiger partial charge on any atom is -0.302 e. The van der Waals surface area contributed by atoms with Gasteiger partial charge < -0.3 is 4.79 Å². The molecule has 6 rings (SSSR count). The first-order chi connectivity index (χ1) is 11.6. The van der Waals surface area contributed by atoms with Crippen LogP contribution in [0.3, 0.4) is 0 Å². The number of benzene rings is 2. The molecule has 2 atom stereocenters. The molecule has 0 aromatic heterocycles. The summed E-state index contributed by atoms with van der Waals surface area (Å²) in [4.78, 5) is 37.8. The lowest BCUT2D eigenvalue weighted by atomic mass is 9.42. The summed E-state index contributed by atoms with van der Waals surface area (Å²) < 4.78 is 0. The Hall–Kier alpha value is -2.75. The Morgan fingerprint density at radius 3 is 1.79 bits per heavy atom. The van der Waals surface area contributed by atoms with Gasteiger partial charge in [0.1, 0.15) is 6.29 Å². The average Bonchev–Trinajstić information content (AvgIpc) is 2.92. The number of carbonyl (C=O) groups excluding carboxylic acids is 3. The van der Waals surface area contributed by atoms with Crippen molar-refractivity contribution in [1.29, 1.82) is 0 Å². The van der Waals surface area contributed by atoms with Crippen molar-refractivity contribution < 1.29 is 14.4 Å². The van der Waals surface area contributed by atoms with Crippen LogP contribution in [0.2, 0.25) is 0 Å².